The molecule has 68 valence electrons. The summed E-state index contributed by atoms with van der Waals surface area (Å²) in [5, 5.41) is 6.42. The summed E-state index contributed by atoms with van der Waals surface area (Å²) in [5.74, 6) is 0. The Kier molecular flexibility index (Phi) is 2.16. The summed E-state index contributed by atoms with van der Waals surface area (Å²) in [7, 11) is 1.92. The van der Waals surface area contributed by atoms with Gasteiger partial charge in [-0.15, -0.1) is 11.3 Å². The van der Waals surface area contributed by atoms with Crippen LogP contribution in [0.2, 0.25) is 0 Å². The minimum atomic E-state index is 0.537. The number of aryl methyl sites for hydroxylation is 1. The Labute approximate surface area is 80.8 Å². The van der Waals surface area contributed by atoms with E-state index >= 15 is 0 Å². The van der Waals surface area contributed by atoms with Gasteiger partial charge in [0, 0.05) is 13.6 Å². The van der Waals surface area contributed by atoms with Crippen molar-refractivity contribution in [2.75, 3.05) is 0 Å². The summed E-state index contributed by atoms with van der Waals surface area (Å²) >= 11 is 1.69. The smallest absolute Gasteiger partial charge is 0.103 e. The molecular weight excluding hydrogens is 182 g/mol. The highest BCUT2D eigenvalue weighted by atomic mass is 32.1. The molecule has 2 aromatic rings. The second-order valence-corrected chi connectivity index (χ2v) is 3.77. The quantitative estimate of drug-likeness (QED) is 0.787. The number of rotatable bonds is 2. The van der Waals surface area contributed by atoms with Crippen LogP contribution in [0.5, 0.6) is 0 Å². The summed E-state index contributed by atoms with van der Waals surface area (Å²) in [6, 6.07) is 6.12. The second kappa shape index (κ2) is 3.32. The molecule has 13 heavy (non-hydrogen) atoms. The predicted molar refractivity (Wildman–Crippen MR) is 54.4 cm³/mol. The van der Waals surface area contributed by atoms with E-state index in [0.29, 0.717) is 6.54 Å². The Morgan fingerprint density at radius 2 is 2.46 bits per heavy atom. The molecule has 0 saturated carbocycles. The molecule has 0 aromatic carbocycles. The number of nitrogens with zero attached hydrogens (tertiary/aromatic N) is 2. The van der Waals surface area contributed by atoms with Crippen LogP contribution in [0.3, 0.4) is 0 Å². The Bertz CT molecular complexity index is 389. The van der Waals surface area contributed by atoms with Crippen molar-refractivity contribution in [1.82, 2.24) is 9.78 Å². The van der Waals surface area contributed by atoms with E-state index in [1.165, 1.54) is 4.88 Å². The van der Waals surface area contributed by atoms with Gasteiger partial charge in [-0.05, 0) is 17.5 Å². The molecule has 0 aliphatic rings. The van der Waals surface area contributed by atoms with Crippen LogP contribution in [0.4, 0.5) is 0 Å². The van der Waals surface area contributed by atoms with E-state index in [9.17, 15) is 0 Å². The monoisotopic (exact) mass is 193 g/mol. The molecule has 0 radical (unpaired) electrons. The number of hydrogen-bond acceptors (Lipinski definition) is 3. The van der Waals surface area contributed by atoms with Gasteiger partial charge in [0.15, 0.2) is 0 Å². The van der Waals surface area contributed by atoms with E-state index in [2.05, 4.69) is 11.2 Å². The molecule has 2 heterocycles. The number of thiophene rings is 1. The topological polar surface area (TPSA) is 43.8 Å². The first kappa shape index (κ1) is 8.47. The zero-order valence-electron chi connectivity index (χ0n) is 7.40. The van der Waals surface area contributed by atoms with Gasteiger partial charge < -0.3 is 5.73 Å². The van der Waals surface area contributed by atoms with E-state index in [0.717, 1.165) is 11.4 Å². The SMILES string of the molecule is Cn1nc(-c2cccs2)cc1CN. The lowest BCUT2D eigenvalue weighted by atomic mass is 10.3. The number of hydrogen-bond donors (Lipinski definition) is 1. The summed E-state index contributed by atoms with van der Waals surface area (Å²) in [5.41, 5.74) is 7.63. The lowest BCUT2D eigenvalue weighted by Crippen LogP contribution is -2.03. The molecule has 0 fully saturated rings. The van der Waals surface area contributed by atoms with Crippen LogP contribution in [0.1, 0.15) is 5.69 Å². The molecule has 0 saturated heterocycles. The fourth-order valence-corrected chi connectivity index (χ4v) is 1.92. The number of nitrogens with two attached hydrogens (primary N) is 1. The van der Waals surface area contributed by atoms with Crippen molar-refractivity contribution in [2.45, 2.75) is 6.54 Å². The van der Waals surface area contributed by atoms with Crippen LogP contribution in [-0.4, -0.2) is 9.78 Å². The fraction of sp³-hybridized carbons (Fsp3) is 0.222. The average molecular weight is 193 g/mol. The lowest BCUT2D eigenvalue weighted by molar-refractivity contribution is 0.714. The van der Waals surface area contributed by atoms with Crippen molar-refractivity contribution in [1.29, 1.82) is 0 Å². The van der Waals surface area contributed by atoms with Gasteiger partial charge in [-0.2, -0.15) is 5.10 Å². The molecule has 2 aromatic heterocycles. The lowest BCUT2D eigenvalue weighted by Gasteiger charge is -1.93. The van der Waals surface area contributed by atoms with E-state index in [1.54, 1.807) is 11.3 Å². The highest BCUT2D eigenvalue weighted by molar-refractivity contribution is 7.13. The molecule has 4 heteroatoms. The van der Waals surface area contributed by atoms with Gasteiger partial charge in [0.25, 0.3) is 0 Å². The van der Waals surface area contributed by atoms with Crippen LogP contribution in [0, 0.1) is 0 Å². The third kappa shape index (κ3) is 1.50. The molecule has 0 amide bonds. The zero-order chi connectivity index (χ0) is 9.26. The van der Waals surface area contributed by atoms with E-state index in [-0.39, 0.29) is 0 Å². The molecule has 0 aliphatic carbocycles. The third-order valence-corrected chi connectivity index (χ3v) is 2.85. The third-order valence-electron chi connectivity index (χ3n) is 1.96. The van der Waals surface area contributed by atoms with Crippen molar-refractivity contribution < 1.29 is 0 Å². The first-order chi connectivity index (χ1) is 6.31. The Morgan fingerprint density at radius 3 is 3.00 bits per heavy atom. The summed E-state index contributed by atoms with van der Waals surface area (Å²) < 4.78 is 1.83. The van der Waals surface area contributed by atoms with Crippen molar-refractivity contribution in [3.8, 4) is 10.6 Å². The molecule has 2 N–H and O–H groups in total. The van der Waals surface area contributed by atoms with Crippen molar-refractivity contribution >= 4 is 11.3 Å². The normalized spacial score (nSPS) is 10.6. The maximum absolute atomic E-state index is 5.56. The Hall–Kier alpha value is -1.13. The van der Waals surface area contributed by atoms with Gasteiger partial charge in [0.1, 0.15) is 5.69 Å². The van der Waals surface area contributed by atoms with Gasteiger partial charge in [-0.25, -0.2) is 0 Å². The molecule has 3 nitrogen and oxygen atoms in total. The Balaban J connectivity index is 2.43. The van der Waals surface area contributed by atoms with Gasteiger partial charge >= 0.3 is 0 Å². The van der Waals surface area contributed by atoms with Crippen LogP contribution in [-0.2, 0) is 13.6 Å². The van der Waals surface area contributed by atoms with Crippen molar-refractivity contribution in [3.63, 3.8) is 0 Å². The fourth-order valence-electron chi connectivity index (χ4n) is 1.24. The van der Waals surface area contributed by atoms with Crippen molar-refractivity contribution in [3.05, 3.63) is 29.3 Å². The second-order valence-electron chi connectivity index (χ2n) is 2.83. The Morgan fingerprint density at radius 1 is 1.62 bits per heavy atom. The standard InChI is InChI=1S/C9H11N3S/c1-12-7(6-10)5-8(11-12)9-3-2-4-13-9/h2-5H,6,10H2,1H3. The average Bonchev–Trinajstić information content (AvgIpc) is 2.71. The van der Waals surface area contributed by atoms with E-state index in [1.807, 2.05) is 29.2 Å². The van der Waals surface area contributed by atoms with Crippen LogP contribution in [0.25, 0.3) is 10.6 Å². The molecule has 2 rings (SSSR count). The minimum Gasteiger partial charge on any atom is -0.325 e. The maximum Gasteiger partial charge on any atom is 0.103 e. The van der Waals surface area contributed by atoms with Crippen LogP contribution >= 0.6 is 11.3 Å². The largest absolute Gasteiger partial charge is 0.325 e. The maximum atomic E-state index is 5.56. The van der Waals surface area contributed by atoms with Crippen molar-refractivity contribution in [2.24, 2.45) is 12.8 Å². The molecule has 0 unspecified atom stereocenters. The van der Waals surface area contributed by atoms with Gasteiger partial charge in [-0.3, -0.25) is 4.68 Å². The summed E-state index contributed by atoms with van der Waals surface area (Å²) in [6.07, 6.45) is 0. The molecule has 0 bridgehead atoms. The number of aromatic nitrogens is 2. The molecular formula is C9H11N3S. The van der Waals surface area contributed by atoms with Gasteiger partial charge in [0.2, 0.25) is 0 Å². The first-order valence-corrected chi connectivity index (χ1v) is 4.96. The van der Waals surface area contributed by atoms with E-state index < -0.39 is 0 Å². The van der Waals surface area contributed by atoms with Crippen LogP contribution < -0.4 is 5.73 Å². The first-order valence-electron chi connectivity index (χ1n) is 4.08. The summed E-state index contributed by atoms with van der Waals surface area (Å²) in [6.45, 7) is 0.537. The molecule has 0 spiro atoms. The van der Waals surface area contributed by atoms with E-state index in [4.69, 9.17) is 5.73 Å². The van der Waals surface area contributed by atoms with Gasteiger partial charge in [-0.1, -0.05) is 6.07 Å². The molecule has 0 aliphatic heterocycles. The van der Waals surface area contributed by atoms with Gasteiger partial charge in [0.05, 0.1) is 10.6 Å². The highest BCUT2D eigenvalue weighted by Crippen LogP contribution is 2.23. The minimum absolute atomic E-state index is 0.537. The van der Waals surface area contributed by atoms with Crippen LogP contribution in [0.15, 0.2) is 23.6 Å². The highest BCUT2D eigenvalue weighted by Gasteiger charge is 2.05. The predicted octanol–water partition coefficient (Wildman–Crippen LogP) is 1.61. The zero-order valence-corrected chi connectivity index (χ0v) is 8.21. The summed E-state index contributed by atoms with van der Waals surface area (Å²) in [4.78, 5) is 1.19. The molecule has 0 atom stereocenters.